The van der Waals surface area contributed by atoms with E-state index >= 15 is 0 Å². The summed E-state index contributed by atoms with van der Waals surface area (Å²) in [6, 6.07) is 4.84. The Morgan fingerprint density at radius 3 is 2.81 bits per heavy atom. The minimum atomic E-state index is -1.48. The van der Waals surface area contributed by atoms with Gasteiger partial charge in [-0.25, -0.2) is 9.18 Å². The molecular formula is C13H9FN2O5. The van der Waals surface area contributed by atoms with Gasteiger partial charge in [0.1, 0.15) is 18.2 Å². The molecule has 0 saturated carbocycles. The highest BCUT2D eigenvalue weighted by molar-refractivity contribution is 5.95. The Morgan fingerprint density at radius 2 is 2.19 bits per heavy atom. The van der Waals surface area contributed by atoms with Crippen LogP contribution in [0.15, 0.2) is 36.7 Å². The summed E-state index contributed by atoms with van der Waals surface area (Å²) in [4.78, 5) is 24.8. The molecule has 0 aliphatic rings. The lowest BCUT2D eigenvalue weighted by molar-refractivity contribution is -0.385. The van der Waals surface area contributed by atoms with Crippen LogP contribution in [-0.2, 0) is 6.61 Å². The van der Waals surface area contributed by atoms with Crippen molar-refractivity contribution < 1.29 is 24.0 Å². The van der Waals surface area contributed by atoms with Gasteiger partial charge in [-0.3, -0.25) is 15.1 Å². The third-order valence-corrected chi connectivity index (χ3v) is 2.57. The number of hydrogen-bond acceptors (Lipinski definition) is 5. The molecule has 1 aromatic heterocycles. The van der Waals surface area contributed by atoms with Gasteiger partial charge < -0.3 is 9.84 Å². The molecule has 0 radical (unpaired) electrons. The third kappa shape index (κ3) is 3.30. The largest absolute Gasteiger partial charge is 0.488 e. The van der Waals surface area contributed by atoms with Gasteiger partial charge in [0.15, 0.2) is 5.56 Å². The molecule has 0 spiro atoms. The first-order chi connectivity index (χ1) is 9.99. The van der Waals surface area contributed by atoms with Crippen molar-refractivity contribution in [1.82, 2.24) is 4.98 Å². The van der Waals surface area contributed by atoms with Crippen LogP contribution in [0.2, 0.25) is 0 Å². The number of carboxylic acids is 1. The number of pyridine rings is 1. The third-order valence-electron chi connectivity index (χ3n) is 2.57. The Morgan fingerprint density at radius 1 is 1.43 bits per heavy atom. The molecule has 1 heterocycles. The lowest BCUT2D eigenvalue weighted by Crippen LogP contribution is -2.07. The quantitative estimate of drug-likeness (QED) is 0.670. The van der Waals surface area contributed by atoms with E-state index in [2.05, 4.69) is 4.98 Å². The van der Waals surface area contributed by atoms with Gasteiger partial charge >= 0.3 is 5.97 Å². The summed E-state index contributed by atoms with van der Waals surface area (Å²) in [6.07, 6.45) is 2.36. The number of hydrogen-bond donors (Lipinski definition) is 1. The summed E-state index contributed by atoms with van der Waals surface area (Å²) < 4.78 is 18.2. The molecule has 108 valence electrons. The van der Waals surface area contributed by atoms with Crippen molar-refractivity contribution in [3.8, 4) is 5.75 Å². The van der Waals surface area contributed by atoms with Crippen LogP contribution in [0.5, 0.6) is 5.75 Å². The average Bonchev–Trinajstić information content (AvgIpc) is 2.44. The Kier molecular flexibility index (Phi) is 4.07. The van der Waals surface area contributed by atoms with Crippen molar-refractivity contribution in [2.75, 3.05) is 0 Å². The van der Waals surface area contributed by atoms with E-state index in [0.29, 0.717) is 5.56 Å². The molecule has 2 rings (SSSR count). The monoisotopic (exact) mass is 292 g/mol. The zero-order chi connectivity index (χ0) is 15.4. The Labute approximate surface area is 117 Å². The molecule has 0 atom stereocenters. The van der Waals surface area contributed by atoms with E-state index in [0.717, 1.165) is 12.3 Å². The molecule has 0 fully saturated rings. The second-order valence-corrected chi connectivity index (χ2v) is 4.01. The van der Waals surface area contributed by atoms with Gasteiger partial charge in [-0.15, -0.1) is 0 Å². The van der Waals surface area contributed by atoms with E-state index in [1.54, 1.807) is 0 Å². The standard InChI is InChI=1S/C13H9FN2O5/c14-9-4-8(5-15-6-9)7-21-11-3-1-2-10(16(19)20)12(11)13(17)18/h1-6H,7H2,(H,17,18). The maximum absolute atomic E-state index is 13.0. The molecule has 0 unspecified atom stereocenters. The summed E-state index contributed by atoms with van der Waals surface area (Å²) in [5, 5.41) is 19.9. The molecule has 1 aromatic carbocycles. The Hall–Kier alpha value is -3.03. The summed E-state index contributed by atoms with van der Waals surface area (Å²) >= 11 is 0. The van der Waals surface area contributed by atoms with Crippen LogP contribution in [0.3, 0.4) is 0 Å². The average molecular weight is 292 g/mol. The zero-order valence-electron chi connectivity index (χ0n) is 10.5. The molecule has 0 bridgehead atoms. The summed E-state index contributed by atoms with van der Waals surface area (Å²) in [5.41, 5.74) is -0.748. The topological polar surface area (TPSA) is 103 Å². The van der Waals surface area contributed by atoms with Crippen LogP contribution in [0.25, 0.3) is 0 Å². The number of benzene rings is 1. The van der Waals surface area contributed by atoms with E-state index in [1.165, 1.54) is 24.4 Å². The van der Waals surface area contributed by atoms with Gasteiger partial charge in [0, 0.05) is 17.8 Å². The number of aromatic carboxylic acids is 1. The predicted molar refractivity (Wildman–Crippen MR) is 68.6 cm³/mol. The molecule has 1 N–H and O–H groups in total. The Bertz CT molecular complexity index is 705. The number of rotatable bonds is 5. The van der Waals surface area contributed by atoms with E-state index in [4.69, 9.17) is 9.84 Å². The SMILES string of the molecule is O=C(O)c1c(OCc2cncc(F)c2)cccc1[N+](=O)[O-]. The number of nitro benzene ring substituents is 1. The lowest BCUT2D eigenvalue weighted by atomic mass is 10.1. The number of nitro groups is 1. The first-order valence-corrected chi connectivity index (χ1v) is 5.72. The van der Waals surface area contributed by atoms with Gasteiger partial charge in [0.2, 0.25) is 0 Å². The Balaban J connectivity index is 2.30. The van der Waals surface area contributed by atoms with E-state index in [9.17, 15) is 19.3 Å². The highest BCUT2D eigenvalue weighted by Gasteiger charge is 2.24. The minimum absolute atomic E-state index is 0.161. The highest BCUT2D eigenvalue weighted by atomic mass is 19.1. The molecule has 2 aromatic rings. The molecule has 0 saturated heterocycles. The smallest absolute Gasteiger partial charge is 0.346 e. The summed E-state index contributed by atoms with van der Waals surface area (Å²) in [6.45, 7) is -0.161. The van der Waals surface area contributed by atoms with Crippen molar-refractivity contribution in [3.05, 3.63) is 63.7 Å². The molecule has 7 nitrogen and oxygen atoms in total. The fourth-order valence-electron chi connectivity index (χ4n) is 1.70. The molecule has 0 aliphatic heterocycles. The maximum atomic E-state index is 13.0. The van der Waals surface area contributed by atoms with E-state index in [1.807, 2.05) is 0 Å². The number of aromatic nitrogens is 1. The number of carbonyl (C=O) groups is 1. The van der Waals surface area contributed by atoms with Gasteiger partial charge in [-0.05, 0) is 12.1 Å². The summed E-state index contributed by atoms with van der Waals surface area (Å²) in [7, 11) is 0. The number of halogens is 1. The van der Waals surface area contributed by atoms with E-state index < -0.39 is 28.0 Å². The number of nitrogens with zero attached hydrogens (tertiary/aromatic N) is 2. The first kappa shape index (κ1) is 14.4. The summed E-state index contributed by atoms with van der Waals surface area (Å²) in [5.74, 6) is -2.20. The molecule has 21 heavy (non-hydrogen) atoms. The highest BCUT2D eigenvalue weighted by Crippen LogP contribution is 2.28. The number of ether oxygens (including phenoxy) is 1. The minimum Gasteiger partial charge on any atom is -0.488 e. The van der Waals surface area contributed by atoms with Crippen LogP contribution in [0, 0.1) is 15.9 Å². The van der Waals surface area contributed by atoms with Gasteiger partial charge in [-0.2, -0.15) is 0 Å². The van der Waals surface area contributed by atoms with Crippen molar-refractivity contribution in [3.63, 3.8) is 0 Å². The van der Waals surface area contributed by atoms with Crippen molar-refractivity contribution in [2.45, 2.75) is 6.61 Å². The second-order valence-electron chi connectivity index (χ2n) is 4.01. The van der Waals surface area contributed by atoms with Gasteiger partial charge in [0.05, 0.1) is 11.1 Å². The fourth-order valence-corrected chi connectivity index (χ4v) is 1.70. The molecule has 0 aliphatic carbocycles. The van der Waals surface area contributed by atoms with Crippen molar-refractivity contribution >= 4 is 11.7 Å². The lowest BCUT2D eigenvalue weighted by Gasteiger charge is -2.09. The number of carboxylic acid groups (broad SMARTS) is 1. The van der Waals surface area contributed by atoms with Crippen LogP contribution >= 0.6 is 0 Å². The van der Waals surface area contributed by atoms with Gasteiger partial charge in [0.25, 0.3) is 5.69 Å². The van der Waals surface area contributed by atoms with Crippen LogP contribution < -0.4 is 4.74 Å². The molecule has 0 amide bonds. The molecular weight excluding hydrogens is 283 g/mol. The maximum Gasteiger partial charge on any atom is 0.346 e. The fraction of sp³-hybridized carbons (Fsp3) is 0.0769. The van der Waals surface area contributed by atoms with Crippen molar-refractivity contribution in [1.29, 1.82) is 0 Å². The van der Waals surface area contributed by atoms with Crippen LogP contribution in [-0.4, -0.2) is 21.0 Å². The second kappa shape index (κ2) is 5.95. The van der Waals surface area contributed by atoms with Gasteiger partial charge in [-0.1, -0.05) is 6.07 Å². The predicted octanol–water partition coefficient (Wildman–Crippen LogP) is 2.41. The molecule has 8 heteroatoms. The van der Waals surface area contributed by atoms with Crippen molar-refractivity contribution in [2.24, 2.45) is 0 Å². The normalized spacial score (nSPS) is 10.1. The van der Waals surface area contributed by atoms with E-state index in [-0.39, 0.29) is 12.4 Å². The van der Waals surface area contributed by atoms with Crippen LogP contribution in [0.4, 0.5) is 10.1 Å². The van der Waals surface area contributed by atoms with Crippen LogP contribution in [0.1, 0.15) is 15.9 Å². The first-order valence-electron chi connectivity index (χ1n) is 5.72. The zero-order valence-corrected chi connectivity index (χ0v) is 10.5.